The maximum atomic E-state index is 12.4. The van der Waals surface area contributed by atoms with Gasteiger partial charge in [0.05, 0.1) is 16.5 Å². The molecule has 2 aromatic carbocycles. The van der Waals surface area contributed by atoms with Crippen LogP contribution in [0.3, 0.4) is 0 Å². The van der Waals surface area contributed by atoms with E-state index in [9.17, 15) is 13.2 Å². The Bertz CT molecular complexity index is 970. The van der Waals surface area contributed by atoms with E-state index >= 15 is 0 Å². The summed E-state index contributed by atoms with van der Waals surface area (Å²) >= 11 is 0. The van der Waals surface area contributed by atoms with Crippen LogP contribution in [-0.2, 0) is 14.8 Å². The number of anilines is 1. The van der Waals surface area contributed by atoms with Crippen LogP contribution in [0.15, 0.2) is 59.5 Å². The topological polar surface area (TPSA) is 90.3 Å². The summed E-state index contributed by atoms with van der Waals surface area (Å²) in [6.07, 6.45) is 2.95. The molecule has 2 rings (SSSR count). The Morgan fingerprint density at radius 2 is 1.81 bits per heavy atom. The molecule has 7 heteroatoms. The first-order chi connectivity index (χ1) is 12.9. The molecule has 0 heterocycles. The van der Waals surface area contributed by atoms with Gasteiger partial charge in [-0.15, -0.1) is 0 Å². The normalized spacial score (nSPS) is 11.5. The minimum absolute atomic E-state index is 0.223. The molecule has 0 unspecified atom stereocenters. The molecule has 1 N–H and O–H groups in total. The number of carbonyl (C=O) groups is 1. The van der Waals surface area contributed by atoms with E-state index in [0.717, 1.165) is 0 Å². The molecule has 0 saturated carbocycles. The lowest BCUT2D eigenvalue weighted by Gasteiger charge is -2.18. The summed E-state index contributed by atoms with van der Waals surface area (Å²) < 4.78 is 26.3. The Kier molecular flexibility index (Phi) is 6.88. The second-order valence-electron chi connectivity index (χ2n) is 5.67. The first-order valence-electron chi connectivity index (χ1n) is 8.50. The van der Waals surface area contributed by atoms with Gasteiger partial charge in [0.1, 0.15) is 0 Å². The molecule has 140 valence electrons. The standard InChI is InChI=1S/C20H21N3O3S/c1-3-23(4-2)27(25,26)19-11-8-16(9-12-19)10-13-20(24)22-18-7-5-6-17(14-18)15-21/h5-14H,3-4H2,1-2H3,(H,22,24). The molecule has 0 aliphatic heterocycles. The summed E-state index contributed by atoms with van der Waals surface area (Å²) in [6, 6.07) is 15.0. The molecule has 1 amide bonds. The Balaban J connectivity index is 2.07. The van der Waals surface area contributed by atoms with Crippen LogP contribution in [0.25, 0.3) is 6.08 Å². The van der Waals surface area contributed by atoms with E-state index in [1.165, 1.54) is 22.5 Å². The molecule has 0 fully saturated rings. The number of nitriles is 1. The highest BCUT2D eigenvalue weighted by Crippen LogP contribution is 2.17. The lowest BCUT2D eigenvalue weighted by atomic mass is 10.2. The predicted octanol–water partition coefficient (Wildman–Crippen LogP) is 3.24. The van der Waals surface area contributed by atoms with Crippen molar-refractivity contribution in [2.75, 3.05) is 18.4 Å². The van der Waals surface area contributed by atoms with E-state index in [2.05, 4.69) is 5.32 Å². The highest BCUT2D eigenvalue weighted by atomic mass is 32.2. The largest absolute Gasteiger partial charge is 0.322 e. The van der Waals surface area contributed by atoms with Crippen molar-refractivity contribution in [3.05, 3.63) is 65.7 Å². The summed E-state index contributed by atoms with van der Waals surface area (Å²) in [6.45, 7) is 4.41. The third-order valence-corrected chi connectivity index (χ3v) is 5.97. The Morgan fingerprint density at radius 3 is 2.41 bits per heavy atom. The zero-order valence-corrected chi connectivity index (χ0v) is 16.0. The van der Waals surface area contributed by atoms with Crippen LogP contribution in [0.1, 0.15) is 25.0 Å². The van der Waals surface area contributed by atoms with Gasteiger partial charge in [-0.05, 0) is 42.0 Å². The number of benzene rings is 2. The van der Waals surface area contributed by atoms with Crippen LogP contribution in [0.4, 0.5) is 5.69 Å². The summed E-state index contributed by atoms with van der Waals surface area (Å²) in [7, 11) is -3.49. The van der Waals surface area contributed by atoms with Gasteiger partial charge < -0.3 is 5.32 Å². The number of amides is 1. The van der Waals surface area contributed by atoms with Gasteiger partial charge in [-0.25, -0.2) is 8.42 Å². The SMILES string of the molecule is CCN(CC)S(=O)(=O)c1ccc(C=CC(=O)Nc2cccc(C#N)c2)cc1. The van der Waals surface area contributed by atoms with Crippen LogP contribution in [0.5, 0.6) is 0 Å². The van der Waals surface area contributed by atoms with Gasteiger partial charge in [-0.1, -0.05) is 32.0 Å². The van der Waals surface area contributed by atoms with E-state index in [4.69, 9.17) is 5.26 Å². The minimum Gasteiger partial charge on any atom is -0.322 e. The number of nitrogens with one attached hydrogen (secondary N) is 1. The average molecular weight is 383 g/mol. The minimum atomic E-state index is -3.49. The van der Waals surface area contributed by atoms with Gasteiger partial charge in [0.2, 0.25) is 15.9 Å². The predicted molar refractivity (Wildman–Crippen MR) is 105 cm³/mol. The fraction of sp³-hybridized carbons (Fsp3) is 0.200. The summed E-state index contributed by atoms with van der Waals surface area (Å²) in [4.78, 5) is 12.2. The van der Waals surface area contributed by atoms with Crippen molar-refractivity contribution in [2.24, 2.45) is 0 Å². The second-order valence-corrected chi connectivity index (χ2v) is 7.61. The van der Waals surface area contributed by atoms with Crippen molar-refractivity contribution in [1.29, 1.82) is 5.26 Å². The Hall–Kier alpha value is -2.95. The summed E-state index contributed by atoms with van der Waals surface area (Å²) in [5, 5.41) is 11.5. The molecule has 6 nitrogen and oxygen atoms in total. The van der Waals surface area contributed by atoms with Crippen molar-refractivity contribution >= 4 is 27.7 Å². The van der Waals surface area contributed by atoms with Gasteiger partial charge in [0, 0.05) is 24.9 Å². The van der Waals surface area contributed by atoms with Crippen molar-refractivity contribution in [3.8, 4) is 6.07 Å². The number of nitrogens with zero attached hydrogens (tertiary/aromatic N) is 2. The van der Waals surface area contributed by atoms with E-state index in [-0.39, 0.29) is 10.8 Å². The second kappa shape index (κ2) is 9.12. The Morgan fingerprint density at radius 1 is 1.15 bits per heavy atom. The zero-order chi connectivity index (χ0) is 19.9. The maximum Gasteiger partial charge on any atom is 0.248 e. The third-order valence-electron chi connectivity index (χ3n) is 3.91. The molecule has 0 radical (unpaired) electrons. The van der Waals surface area contributed by atoms with Crippen LogP contribution >= 0.6 is 0 Å². The van der Waals surface area contributed by atoms with Gasteiger partial charge in [-0.2, -0.15) is 9.57 Å². The fourth-order valence-electron chi connectivity index (χ4n) is 2.49. The van der Waals surface area contributed by atoms with Gasteiger partial charge in [0.25, 0.3) is 0 Å². The van der Waals surface area contributed by atoms with E-state index in [1.54, 1.807) is 56.3 Å². The van der Waals surface area contributed by atoms with Crippen LogP contribution in [0, 0.1) is 11.3 Å². The van der Waals surface area contributed by atoms with Gasteiger partial charge in [-0.3, -0.25) is 4.79 Å². The molecule has 0 atom stereocenters. The van der Waals surface area contributed by atoms with Crippen molar-refractivity contribution < 1.29 is 13.2 Å². The molecule has 27 heavy (non-hydrogen) atoms. The summed E-state index contributed by atoms with van der Waals surface area (Å²) in [5.74, 6) is -0.343. The molecule has 0 bridgehead atoms. The number of carbonyl (C=O) groups excluding carboxylic acids is 1. The molecule has 0 aliphatic carbocycles. The van der Waals surface area contributed by atoms with E-state index < -0.39 is 10.0 Å². The van der Waals surface area contributed by atoms with Crippen molar-refractivity contribution in [3.63, 3.8) is 0 Å². The molecule has 0 aliphatic rings. The molecular formula is C20H21N3O3S. The molecule has 2 aromatic rings. The van der Waals surface area contributed by atoms with Crippen LogP contribution in [0.2, 0.25) is 0 Å². The highest BCUT2D eigenvalue weighted by Gasteiger charge is 2.20. The monoisotopic (exact) mass is 383 g/mol. The number of hydrogen-bond donors (Lipinski definition) is 1. The maximum absolute atomic E-state index is 12.4. The average Bonchev–Trinajstić information content (AvgIpc) is 2.67. The smallest absolute Gasteiger partial charge is 0.248 e. The zero-order valence-electron chi connectivity index (χ0n) is 15.2. The lowest BCUT2D eigenvalue weighted by molar-refractivity contribution is -0.111. The first-order valence-corrected chi connectivity index (χ1v) is 9.94. The first kappa shape index (κ1) is 20.4. The third kappa shape index (κ3) is 5.26. The fourth-order valence-corrected chi connectivity index (χ4v) is 3.94. The molecular weight excluding hydrogens is 362 g/mol. The summed E-state index contributed by atoms with van der Waals surface area (Å²) in [5.41, 5.74) is 1.69. The number of sulfonamides is 1. The van der Waals surface area contributed by atoms with E-state index in [1.807, 2.05) is 6.07 Å². The van der Waals surface area contributed by atoms with E-state index in [0.29, 0.717) is 29.9 Å². The van der Waals surface area contributed by atoms with Gasteiger partial charge >= 0.3 is 0 Å². The Labute approximate surface area is 159 Å². The molecule has 0 aromatic heterocycles. The quantitative estimate of drug-likeness (QED) is 0.743. The van der Waals surface area contributed by atoms with Crippen molar-refractivity contribution in [1.82, 2.24) is 4.31 Å². The molecule has 0 spiro atoms. The lowest BCUT2D eigenvalue weighted by Crippen LogP contribution is -2.30. The van der Waals surface area contributed by atoms with Crippen LogP contribution < -0.4 is 5.32 Å². The van der Waals surface area contributed by atoms with Crippen molar-refractivity contribution in [2.45, 2.75) is 18.7 Å². The number of hydrogen-bond acceptors (Lipinski definition) is 4. The number of rotatable bonds is 7. The molecule has 0 saturated heterocycles. The van der Waals surface area contributed by atoms with Gasteiger partial charge in [0.15, 0.2) is 0 Å². The van der Waals surface area contributed by atoms with Crippen LogP contribution in [-0.4, -0.2) is 31.7 Å². The highest BCUT2D eigenvalue weighted by molar-refractivity contribution is 7.89.